The molecule has 1 atom stereocenters. The van der Waals surface area contributed by atoms with Crippen LogP contribution >= 0.6 is 0 Å². The lowest BCUT2D eigenvalue weighted by Gasteiger charge is -2.55. The lowest BCUT2D eigenvalue weighted by atomic mass is 9.65. The van der Waals surface area contributed by atoms with Crippen molar-refractivity contribution in [3.8, 4) is 0 Å². The van der Waals surface area contributed by atoms with Crippen molar-refractivity contribution >= 4 is 28.4 Å². The fraction of sp³-hybridized carbons (Fsp3) is 0.654. The normalized spacial score (nSPS) is 26.1. The molecule has 1 aromatic heterocycles. The molecule has 8 nitrogen and oxygen atoms in total. The molecule has 1 aliphatic carbocycles. The van der Waals surface area contributed by atoms with Gasteiger partial charge in [0.1, 0.15) is 0 Å². The fourth-order valence-electron chi connectivity index (χ4n) is 6.68. The van der Waals surface area contributed by atoms with Crippen LogP contribution in [0.5, 0.6) is 0 Å². The molecule has 2 aromatic rings. The number of piperazine rings is 1. The SMILES string of the molecule is Cn1nc(C2CCC(=O)NC2=O)c2ccc(N3CC4(CCC(CN5CCNCC5)CC4)C3)cc21. The molecule has 1 spiro atoms. The number of aromatic nitrogens is 2. The quantitative estimate of drug-likeness (QED) is 0.674. The number of carbonyl (C=O) groups is 2. The third-order valence-corrected chi connectivity index (χ3v) is 8.74. The maximum Gasteiger partial charge on any atom is 0.235 e. The molecular weight excluding hydrogens is 428 g/mol. The van der Waals surface area contributed by atoms with E-state index in [0.717, 1.165) is 48.7 Å². The zero-order chi connectivity index (χ0) is 23.3. The van der Waals surface area contributed by atoms with Gasteiger partial charge in [-0.3, -0.25) is 19.6 Å². The molecule has 1 unspecified atom stereocenters. The van der Waals surface area contributed by atoms with Crippen molar-refractivity contribution in [1.29, 1.82) is 0 Å². The fourth-order valence-corrected chi connectivity index (χ4v) is 6.68. The second kappa shape index (κ2) is 8.64. The van der Waals surface area contributed by atoms with E-state index in [9.17, 15) is 9.59 Å². The molecule has 1 aromatic carbocycles. The highest BCUT2D eigenvalue weighted by molar-refractivity contribution is 6.02. The van der Waals surface area contributed by atoms with Gasteiger partial charge < -0.3 is 15.1 Å². The summed E-state index contributed by atoms with van der Waals surface area (Å²) < 4.78 is 1.88. The molecule has 182 valence electrons. The van der Waals surface area contributed by atoms with Crippen molar-refractivity contribution < 1.29 is 9.59 Å². The number of benzene rings is 1. The van der Waals surface area contributed by atoms with Crippen LogP contribution in [-0.2, 0) is 16.6 Å². The molecule has 2 amide bonds. The summed E-state index contributed by atoms with van der Waals surface area (Å²) in [6.45, 7) is 8.28. The number of anilines is 1. The molecule has 6 rings (SSSR count). The predicted octanol–water partition coefficient (Wildman–Crippen LogP) is 2.00. The van der Waals surface area contributed by atoms with Crippen molar-refractivity contribution in [2.75, 3.05) is 50.7 Å². The summed E-state index contributed by atoms with van der Waals surface area (Å²) in [7, 11) is 1.94. The molecule has 4 heterocycles. The van der Waals surface area contributed by atoms with Crippen LogP contribution < -0.4 is 15.5 Å². The lowest BCUT2D eigenvalue weighted by molar-refractivity contribution is -0.134. The number of hydrogen-bond acceptors (Lipinski definition) is 6. The number of nitrogens with zero attached hydrogens (tertiary/aromatic N) is 4. The number of aryl methyl sites for hydroxylation is 1. The first-order valence-corrected chi connectivity index (χ1v) is 13.0. The number of nitrogens with one attached hydrogen (secondary N) is 2. The highest BCUT2D eigenvalue weighted by Gasteiger charge is 2.45. The maximum atomic E-state index is 12.4. The van der Waals surface area contributed by atoms with E-state index in [2.05, 4.69) is 38.6 Å². The molecule has 3 saturated heterocycles. The topological polar surface area (TPSA) is 82.5 Å². The van der Waals surface area contributed by atoms with E-state index in [1.807, 2.05) is 11.7 Å². The van der Waals surface area contributed by atoms with E-state index in [-0.39, 0.29) is 17.7 Å². The van der Waals surface area contributed by atoms with Gasteiger partial charge in [-0.25, -0.2) is 0 Å². The minimum absolute atomic E-state index is 0.187. The van der Waals surface area contributed by atoms with E-state index in [1.54, 1.807) is 0 Å². The van der Waals surface area contributed by atoms with Crippen molar-refractivity contribution in [1.82, 2.24) is 25.3 Å². The van der Waals surface area contributed by atoms with Crippen LogP contribution in [0.25, 0.3) is 10.9 Å². The Kier molecular flexibility index (Phi) is 5.60. The predicted molar refractivity (Wildman–Crippen MR) is 132 cm³/mol. The van der Waals surface area contributed by atoms with Gasteiger partial charge >= 0.3 is 0 Å². The molecule has 3 aliphatic heterocycles. The van der Waals surface area contributed by atoms with Crippen molar-refractivity contribution in [3.05, 3.63) is 23.9 Å². The van der Waals surface area contributed by atoms with Crippen LogP contribution in [0.1, 0.15) is 50.1 Å². The minimum atomic E-state index is -0.351. The number of amides is 2. The third kappa shape index (κ3) is 4.01. The third-order valence-electron chi connectivity index (χ3n) is 8.74. The number of fused-ring (bicyclic) bond motifs is 1. The Balaban J connectivity index is 1.10. The summed E-state index contributed by atoms with van der Waals surface area (Å²) in [4.78, 5) is 29.1. The molecule has 2 N–H and O–H groups in total. The first-order chi connectivity index (χ1) is 16.5. The average molecular weight is 465 g/mol. The Hall–Kier alpha value is -2.45. The molecule has 1 saturated carbocycles. The molecule has 34 heavy (non-hydrogen) atoms. The maximum absolute atomic E-state index is 12.4. The molecule has 0 bridgehead atoms. The van der Waals surface area contributed by atoms with Gasteiger partial charge in [0.05, 0.1) is 17.1 Å². The van der Waals surface area contributed by atoms with E-state index in [4.69, 9.17) is 5.10 Å². The van der Waals surface area contributed by atoms with Gasteiger partial charge in [-0.15, -0.1) is 0 Å². The van der Waals surface area contributed by atoms with E-state index >= 15 is 0 Å². The second-order valence-corrected chi connectivity index (χ2v) is 11.1. The minimum Gasteiger partial charge on any atom is -0.370 e. The zero-order valence-electron chi connectivity index (χ0n) is 20.2. The van der Waals surface area contributed by atoms with Crippen LogP contribution in [0.15, 0.2) is 18.2 Å². The van der Waals surface area contributed by atoms with Crippen LogP contribution in [0.2, 0.25) is 0 Å². The molecule has 4 fully saturated rings. The van der Waals surface area contributed by atoms with Crippen LogP contribution in [0.3, 0.4) is 0 Å². The number of imide groups is 1. The van der Waals surface area contributed by atoms with Gasteiger partial charge in [-0.05, 0) is 56.2 Å². The summed E-state index contributed by atoms with van der Waals surface area (Å²) in [5, 5.41) is 11.6. The molecule has 8 heteroatoms. The Bertz CT molecular complexity index is 1090. The van der Waals surface area contributed by atoms with Gasteiger partial charge in [0.25, 0.3) is 0 Å². The van der Waals surface area contributed by atoms with Crippen LogP contribution in [0.4, 0.5) is 5.69 Å². The van der Waals surface area contributed by atoms with Gasteiger partial charge in [0.15, 0.2) is 0 Å². The first-order valence-electron chi connectivity index (χ1n) is 13.0. The van der Waals surface area contributed by atoms with E-state index < -0.39 is 0 Å². The summed E-state index contributed by atoms with van der Waals surface area (Å²) in [5.74, 6) is 0.107. The second-order valence-electron chi connectivity index (χ2n) is 11.1. The molecule has 4 aliphatic rings. The largest absolute Gasteiger partial charge is 0.370 e. The van der Waals surface area contributed by atoms with E-state index in [1.165, 1.54) is 51.0 Å². The Labute approximate surface area is 201 Å². The van der Waals surface area contributed by atoms with Crippen molar-refractivity contribution in [2.45, 2.75) is 44.4 Å². The standard InChI is InChI=1S/C26H36N6O2/c1-30-22-14-19(2-3-20(22)24(29-30)21-4-5-23(33)28-25(21)34)32-16-26(17-32)8-6-18(7-9-26)15-31-12-10-27-11-13-31/h2-3,14,18,21,27H,4-13,15-17H2,1H3,(H,28,33,34). The summed E-state index contributed by atoms with van der Waals surface area (Å²) >= 11 is 0. The summed E-state index contributed by atoms with van der Waals surface area (Å²) in [6.07, 6.45) is 6.35. The van der Waals surface area contributed by atoms with E-state index in [0.29, 0.717) is 18.3 Å². The number of carbonyl (C=O) groups excluding carboxylic acids is 2. The van der Waals surface area contributed by atoms with Gasteiger partial charge in [0, 0.05) is 75.8 Å². The number of piperidine rings is 1. The van der Waals surface area contributed by atoms with Gasteiger partial charge in [-0.1, -0.05) is 0 Å². The molecule has 0 radical (unpaired) electrons. The highest BCUT2D eigenvalue weighted by atomic mass is 16.2. The lowest BCUT2D eigenvalue weighted by Crippen LogP contribution is -2.58. The highest BCUT2D eigenvalue weighted by Crippen LogP contribution is 2.47. The van der Waals surface area contributed by atoms with Crippen molar-refractivity contribution in [3.63, 3.8) is 0 Å². The summed E-state index contributed by atoms with van der Waals surface area (Å²) in [5.41, 5.74) is 3.59. The number of rotatable bonds is 4. The van der Waals surface area contributed by atoms with Gasteiger partial charge in [0.2, 0.25) is 11.8 Å². The van der Waals surface area contributed by atoms with Crippen LogP contribution in [0, 0.1) is 11.3 Å². The van der Waals surface area contributed by atoms with Crippen LogP contribution in [-0.4, -0.2) is 72.3 Å². The smallest absolute Gasteiger partial charge is 0.235 e. The van der Waals surface area contributed by atoms with Crippen molar-refractivity contribution in [2.24, 2.45) is 18.4 Å². The zero-order valence-corrected chi connectivity index (χ0v) is 20.2. The van der Waals surface area contributed by atoms with Gasteiger partial charge in [-0.2, -0.15) is 5.10 Å². The Morgan fingerprint density at radius 2 is 1.85 bits per heavy atom. The molecular formula is C26H36N6O2. The summed E-state index contributed by atoms with van der Waals surface area (Å²) in [6, 6.07) is 6.52. The first kappa shape index (κ1) is 22.0. The number of hydrogen-bond donors (Lipinski definition) is 2. The Morgan fingerprint density at radius 1 is 1.09 bits per heavy atom. The monoisotopic (exact) mass is 464 g/mol. The Morgan fingerprint density at radius 3 is 2.59 bits per heavy atom. The average Bonchev–Trinajstić information content (AvgIpc) is 3.14.